The summed E-state index contributed by atoms with van der Waals surface area (Å²) in [5, 5.41) is 2.99. The van der Waals surface area contributed by atoms with Gasteiger partial charge in [0, 0.05) is 23.2 Å². The van der Waals surface area contributed by atoms with Gasteiger partial charge in [0.2, 0.25) is 0 Å². The van der Waals surface area contributed by atoms with Crippen LogP contribution < -0.4 is 19.5 Å². The van der Waals surface area contributed by atoms with Gasteiger partial charge in [0.25, 0.3) is 5.91 Å². The second kappa shape index (κ2) is 7.25. The number of amides is 1. The molecule has 0 aromatic heterocycles. The molecule has 1 aliphatic carbocycles. The first-order valence-electron chi connectivity index (χ1n) is 7.94. The maximum absolute atomic E-state index is 12.2. The first kappa shape index (κ1) is 16.2. The Morgan fingerprint density at radius 2 is 1.88 bits per heavy atom. The number of methoxy groups -OCH3 is 2. The first-order chi connectivity index (χ1) is 11.7. The fourth-order valence-electron chi connectivity index (χ4n) is 2.38. The molecule has 0 unspecified atom stereocenters. The minimum atomic E-state index is -0.0530. The summed E-state index contributed by atoms with van der Waals surface area (Å²) in [6.07, 6.45) is 2.13. The molecule has 0 saturated heterocycles. The zero-order valence-electron chi connectivity index (χ0n) is 13.9. The highest BCUT2D eigenvalue weighted by atomic mass is 16.5. The van der Waals surface area contributed by atoms with Crippen molar-refractivity contribution in [1.29, 1.82) is 0 Å². The van der Waals surface area contributed by atoms with E-state index in [9.17, 15) is 4.79 Å². The van der Waals surface area contributed by atoms with Crippen molar-refractivity contribution in [3.8, 4) is 17.2 Å². The van der Waals surface area contributed by atoms with Crippen LogP contribution in [0.2, 0.25) is 0 Å². The molecule has 0 aliphatic heterocycles. The van der Waals surface area contributed by atoms with Gasteiger partial charge in [0.1, 0.15) is 23.9 Å². The Morgan fingerprint density at radius 3 is 2.58 bits per heavy atom. The van der Waals surface area contributed by atoms with Crippen molar-refractivity contribution in [2.24, 2.45) is 0 Å². The highest BCUT2D eigenvalue weighted by Gasteiger charge is 2.24. The van der Waals surface area contributed by atoms with E-state index in [1.165, 1.54) is 0 Å². The van der Waals surface area contributed by atoms with Gasteiger partial charge in [-0.2, -0.15) is 0 Å². The van der Waals surface area contributed by atoms with Crippen molar-refractivity contribution in [3.05, 3.63) is 53.6 Å². The lowest BCUT2D eigenvalue weighted by atomic mass is 10.1. The minimum Gasteiger partial charge on any atom is -0.497 e. The maximum atomic E-state index is 12.2. The number of benzene rings is 2. The molecule has 3 rings (SSSR count). The van der Waals surface area contributed by atoms with Crippen molar-refractivity contribution in [2.45, 2.75) is 25.5 Å². The van der Waals surface area contributed by atoms with Crippen LogP contribution in [-0.2, 0) is 6.61 Å². The minimum absolute atomic E-state index is 0.0530. The van der Waals surface area contributed by atoms with Gasteiger partial charge in [-0.15, -0.1) is 0 Å². The van der Waals surface area contributed by atoms with Crippen molar-refractivity contribution >= 4 is 5.91 Å². The van der Waals surface area contributed by atoms with Crippen LogP contribution in [0.1, 0.15) is 28.8 Å². The molecular formula is C19H21NO4. The summed E-state index contributed by atoms with van der Waals surface area (Å²) >= 11 is 0. The highest BCUT2D eigenvalue weighted by molar-refractivity contribution is 5.95. The third-order valence-electron chi connectivity index (χ3n) is 3.89. The fraction of sp³-hybridized carbons (Fsp3) is 0.316. The average Bonchev–Trinajstić information content (AvgIpc) is 3.43. The first-order valence-corrected chi connectivity index (χ1v) is 7.94. The van der Waals surface area contributed by atoms with Crippen LogP contribution in [-0.4, -0.2) is 26.2 Å². The Kier molecular flexibility index (Phi) is 4.89. The monoisotopic (exact) mass is 327 g/mol. The molecule has 1 amide bonds. The van der Waals surface area contributed by atoms with Gasteiger partial charge in [-0.05, 0) is 43.2 Å². The van der Waals surface area contributed by atoms with Crippen LogP contribution in [0, 0.1) is 0 Å². The van der Waals surface area contributed by atoms with Crippen LogP contribution in [0.15, 0.2) is 42.5 Å². The number of carbonyl (C=O) groups excluding carboxylic acids is 1. The summed E-state index contributed by atoms with van der Waals surface area (Å²) in [5.41, 5.74) is 1.44. The number of ether oxygens (including phenoxy) is 3. The van der Waals surface area contributed by atoms with Crippen LogP contribution in [0.25, 0.3) is 0 Å². The van der Waals surface area contributed by atoms with E-state index in [2.05, 4.69) is 5.32 Å². The second-order valence-corrected chi connectivity index (χ2v) is 5.74. The molecule has 1 aliphatic rings. The Balaban J connectivity index is 1.73. The molecule has 24 heavy (non-hydrogen) atoms. The van der Waals surface area contributed by atoms with E-state index < -0.39 is 0 Å². The molecule has 1 N–H and O–H groups in total. The van der Waals surface area contributed by atoms with Crippen LogP contribution in [0.5, 0.6) is 17.2 Å². The van der Waals surface area contributed by atoms with Crippen molar-refractivity contribution in [3.63, 3.8) is 0 Å². The summed E-state index contributed by atoms with van der Waals surface area (Å²) in [5.74, 6) is 2.07. The fourth-order valence-corrected chi connectivity index (χ4v) is 2.38. The highest BCUT2D eigenvalue weighted by Crippen LogP contribution is 2.25. The standard InChI is InChI=1S/C19H21NO4/c1-22-16-4-3-5-17(11-16)24-12-14-10-13(6-9-18(14)23-2)19(21)20-15-7-8-15/h3-6,9-11,15H,7-8,12H2,1-2H3,(H,20,21). The van der Waals surface area contributed by atoms with Gasteiger partial charge >= 0.3 is 0 Å². The van der Waals surface area contributed by atoms with Gasteiger partial charge in [0.05, 0.1) is 14.2 Å². The third kappa shape index (κ3) is 3.98. The molecule has 5 heteroatoms. The van der Waals surface area contributed by atoms with Gasteiger partial charge in [-0.25, -0.2) is 0 Å². The van der Waals surface area contributed by atoms with E-state index in [0.29, 0.717) is 29.7 Å². The molecule has 1 fully saturated rings. The molecule has 0 spiro atoms. The molecule has 2 aromatic rings. The summed E-state index contributed by atoms with van der Waals surface area (Å²) in [6.45, 7) is 0.306. The molecule has 1 saturated carbocycles. The van der Waals surface area contributed by atoms with Gasteiger partial charge in [-0.1, -0.05) is 6.07 Å². The molecule has 0 heterocycles. The summed E-state index contributed by atoms with van der Waals surface area (Å²) in [6, 6.07) is 13.1. The van der Waals surface area contributed by atoms with Crippen molar-refractivity contribution < 1.29 is 19.0 Å². The molecular weight excluding hydrogens is 306 g/mol. The van der Waals surface area contributed by atoms with Crippen LogP contribution in [0.4, 0.5) is 0 Å². The SMILES string of the molecule is COc1cccc(OCc2cc(C(=O)NC3CC3)ccc2OC)c1. The zero-order chi connectivity index (χ0) is 16.9. The van der Waals surface area contributed by atoms with E-state index in [0.717, 1.165) is 24.2 Å². The summed E-state index contributed by atoms with van der Waals surface area (Å²) in [4.78, 5) is 12.2. The van der Waals surface area contributed by atoms with Gasteiger partial charge < -0.3 is 19.5 Å². The Labute approximate surface area is 141 Å². The summed E-state index contributed by atoms with van der Waals surface area (Å²) in [7, 11) is 3.22. The Morgan fingerprint density at radius 1 is 1.08 bits per heavy atom. The number of nitrogens with one attached hydrogen (secondary N) is 1. The number of carbonyl (C=O) groups is 1. The van der Waals surface area contributed by atoms with E-state index in [4.69, 9.17) is 14.2 Å². The molecule has 0 radical (unpaired) electrons. The number of hydrogen-bond acceptors (Lipinski definition) is 4. The predicted molar refractivity (Wildman–Crippen MR) is 90.8 cm³/mol. The molecule has 2 aromatic carbocycles. The van der Waals surface area contributed by atoms with Crippen LogP contribution >= 0.6 is 0 Å². The molecule has 126 valence electrons. The second-order valence-electron chi connectivity index (χ2n) is 5.74. The average molecular weight is 327 g/mol. The normalized spacial score (nSPS) is 13.2. The smallest absolute Gasteiger partial charge is 0.251 e. The summed E-state index contributed by atoms with van der Waals surface area (Å²) < 4.78 is 16.4. The number of hydrogen-bond donors (Lipinski definition) is 1. The Hall–Kier alpha value is -2.69. The van der Waals surface area contributed by atoms with Gasteiger partial charge in [0.15, 0.2) is 0 Å². The molecule has 0 atom stereocenters. The van der Waals surface area contributed by atoms with Crippen molar-refractivity contribution in [2.75, 3.05) is 14.2 Å². The van der Waals surface area contributed by atoms with E-state index in [1.54, 1.807) is 26.4 Å². The topological polar surface area (TPSA) is 56.8 Å². The largest absolute Gasteiger partial charge is 0.497 e. The molecule has 0 bridgehead atoms. The third-order valence-corrected chi connectivity index (χ3v) is 3.89. The van der Waals surface area contributed by atoms with E-state index in [1.807, 2.05) is 30.3 Å². The zero-order valence-corrected chi connectivity index (χ0v) is 13.9. The number of rotatable bonds is 7. The van der Waals surface area contributed by atoms with Crippen molar-refractivity contribution in [1.82, 2.24) is 5.32 Å². The lowest BCUT2D eigenvalue weighted by molar-refractivity contribution is 0.0951. The van der Waals surface area contributed by atoms with Crippen LogP contribution in [0.3, 0.4) is 0 Å². The lowest BCUT2D eigenvalue weighted by Gasteiger charge is -2.13. The lowest BCUT2D eigenvalue weighted by Crippen LogP contribution is -2.25. The predicted octanol–water partition coefficient (Wildman–Crippen LogP) is 3.18. The van der Waals surface area contributed by atoms with E-state index >= 15 is 0 Å². The quantitative estimate of drug-likeness (QED) is 0.848. The maximum Gasteiger partial charge on any atom is 0.251 e. The van der Waals surface area contributed by atoms with Gasteiger partial charge in [-0.3, -0.25) is 4.79 Å². The van der Waals surface area contributed by atoms with E-state index in [-0.39, 0.29) is 5.91 Å². The molecule has 5 nitrogen and oxygen atoms in total. The Bertz CT molecular complexity index is 725.